The van der Waals surface area contributed by atoms with Gasteiger partial charge in [0.25, 0.3) is 0 Å². The lowest BCUT2D eigenvalue weighted by atomic mass is 9.89. The summed E-state index contributed by atoms with van der Waals surface area (Å²) in [6.07, 6.45) is 0.731. The van der Waals surface area contributed by atoms with Crippen LogP contribution in [0.2, 0.25) is 0 Å². The van der Waals surface area contributed by atoms with E-state index in [2.05, 4.69) is 5.32 Å². The maximum absolute atomic E-state index is 11.7. The molecule has 1 atom stereocenters. The third-order valence-electron chi connectivity index (χ3n) is 2.49. The minimum atomic E-state index is -0.580. The summed E-state index contributed by atoms with van der Waals surface area (Å²) in [6.45, 7) is 9.33. The van der Waals surface area contributed by atoms with Crippen molar-refractivity contribution in [1.82, 2.24) is 5.32 Å². The lowest BCUT2D eigenvalue weighted by Gasteiger charge is -2.23. The second kappa shape index (κ2) is 5.73. The Morgan fingerprint density at radius 3 is 2.27 bits per heavy atom. The lowest BCUT2D eigenvalue weighted by Crippen LogP contribution is -2.45. The van der Waals surface area contributed by atoms with Crippen LogP contribution in [0.15, 0.2) is 0 Å². The van der Waals surface area contributed by atoms with E-state index in [9.17, 15) is 9.59 Å². The Hall–Kier alpha value is -1.06. The van der Waals surface area contributed by atoms with E-state index in [1.807, 2.05) is 20.8 Å². The van der Waals surface area contributed by atoms with Crippen LogP contribution in [-0.2, 0) is 14.3 Å². The molecule has 0 fully saturated rings. The summed E-state index contributed by atoms with van der Waals surface area (Å²) < 4.78 is 4.80. The number of ether oxygens (including phenoxy) is 1. The van der Waals surface area contributed by atoms with E-state index < -0.39 is 17.4 Å². The topological polar surface area (TPSA) is 55.4 Å². The van der Waals surface area contributed by atoms with E-state index in [0.29, 0.717) is 6.61 Å². The first-order valence-electron chi connectivity index (χ1n) is 5.32. The second-order valence-corrected chi connectivity index (χ2v) is 4.18. The van der Waals surface area contributed by atoms with Crippen LogP contribution in [0.1, 0.15) is 41.0 Å². The highest BCUT2D eigenvalue weighted by Gasteiger charge is 2.28. The van der Waals surface area contributed by atoms with Crippen LogP contribution < -0.4 is 5.32 Å². The molecule has 0 aliphatic rings. The smallest absolute Gasteiger partial charge is 0.328 e. The van der Waals surface area contributed by atoms with Gasteiger partial charge in [-0.05, 0) is 20.3 Å². The van der Waals surface area contributed by atoms with Crippen molar-refractivity contribution < 1.29 is 14.3 Å². The highest BCUT2D eigenvalue weighted by Crippen LogP contribution is 2.19. The zero-order valence-corrected chi connectivity index (χ0v) is 10.2. The van der Waals surface area contributed by atoms with E-state index >= 15 is 0 Å². The molecule has 0 unspecified atom stereocenters. The van der Waals surface area contributed by atoms with Gasteiger partial charge in [0.2, 0.25) is 5.91 Å². The van der Waals surface area contributed by atoms with Gasteiger partial charge in [-0.25, -0.2) is 4.79 Å². The Bertz CT molecular complexity index is 236. The fraction of sp³-hybridized carbons (Fsp3) is 0.818. The van der Waals surface area contributed by atoms with E-state index in [1.165, 1.54) is 0 Å². The highest BCUT2D eigenvalue weighted by atomic mass is 16.5. The van der Waals surface area contributed by atoms with Crippen molar-refractivity contribution in [1.29, 1.82) is 0 Å². The van der Waals surface area contributed by atoms with Crippen molar-refractivity contribution in [3.8, 4) is 0 Å². The van der Waals surface area contributed by atoms with Crippen LogP contribution in [0.5, 0.6) is 0 Å². The first-order valence-corrected chi connectivity index (χ1v) is 5.32. The zero-order chi connectivity index (χ0) is 12.1. The summed E-state index contributed by atoms with van der Waals surface area (Å²) >= 11 is 0. The summed E-state index contributed by atoms with van der Waals surface area (Å²) in [5.41, 5.74) is -0.444. The average Bonchev–Trinajstić information content (AvgIpc) is 2.17. The van der Waals surface area contributed by atoms with Crippen molar-refractivity contribution >= 4 is 11.9 Å². The first kappa shape index (κ1) is 13.9. The van der Waals surface area contributed by atoms with Crippen molar-refractivity contribution in [3.63, 3.8) is 0 Å². The fourth-order valence-corrected chi connectivity index (χ4v) is 0.879. The molecule has 1 N–H and O–H groups in total. The number of hydrogen-bond acceptors (Lipinski definition) is 3. The number of rotatable bonds is 5. The Balaban J connectivity index is 4.24. The molecule has 0 aromatic heterocycles. The number of nitrogens with one attached hydrogen (secondary N) is 1. The van der Waals surface area contributed by atoms with E-state index in [-0.39, 0.29) is 5.91 Å². The summed E-state index contributed by atoms with van der Waals surface area (Å²) in [5.74, 6) is -0.511. The largest absolute Gasteiger partial charge is 0.464 e. The standard InChI is InChI=1S/C11H21NO3/c1-6-11(4,5)10(14)12-8(3)9(13)15-7-2/h8H,6-7H2,1-5H3,(H,12,14)/t8-/m1/s1. The molecule has 0 aromatic rings. The Morgan fingerprint density at radius 2 is 1.87 bits per heavy atom. The number of hydrogen-bond donors (Lipinski definition) is 1. The van der Waals surface area contributed by atoms with Crippen LogP contribution in [0.25, 0.3) is 0 Å². The summed E-state index contributed by atoms with van der Waals surface area (Å²) in [4.78, 5) is 23.0. The second-order valence-electron chi connectivity index (χ2n) is 4.18. The summed E-state index contributed by atoms with van der Waals surface area (Å²) in [7, 11) is 0. The normalized spacial score (nSPS) is 13.1. The van der Waals surface area contributed by atoms with Crippen LogP contribution in [0.4, 0.5) is 0 Å². The molecule has 0 saturated heterocycles. The van der Waals surface area contributed by atoms with Crippen molar-refractivity contribution in [2.45, 2.75) is 47.1 Å². The third kappa shape index (κ3) is 4.32. The minimum Gasteiger partial charge on any atom is -0.464 e. The number of esters is 1. The van der Waals surface area contributed by atoms with Crippen molar-refractivity contribution in [2.75, 3.05) is 6.61 Å². The van der Waals surface area contributed by atoms with Gasteiger partial charge in [-0.1, -0.05) is 20.8 Å². The van der Waals surface area contributed by atoms with Gasteiger partial charge < -0.3 is 10.1 Å². The van der Waals surface area contributed by atoms with Gasteiger partial charge in [0.1, 0.15) is 6.04 Å². The average molecular weight is 215 g/mol. The van der Waals surface area contributed by atoms with Crippen LogP contribution in [-0.4, -0.2) is 24.5 Å². The molecule has 0 rings (SSSR count). The quantitative estimate of drug-likeness (QED) is 0.707. The predicted octanol–water partition coefficient (Wildman–Crippen LogP) is 1.49. The SMILES string of the molecule is CCOC(=O)[C@@H](C)NC(=O)C(C)(C)CC. The first-order chi connectivity index (χ1) is 6.85. The van der Waals surface area contributed by atoms with Gasteiger partial charge in [-0.3, -0.25) is 4.79 Å². The van der Waals surface area contributed by atoms with Gasteiger partial charge in [0.05, 0.1) is 6.61 Å². The molecular formula is C11H21NO3. The van der Waals surface area contributed by atoms with Crippen molar-refractivity contribution in [3.05, 3.63) is 0 Å². The molecule has 0 saturated carbocycles. The number of carbonyl (C=O) groups is 2. The number of amides is 1. The molecule has 0 radical (unpaired) electrons. The molecule has 4 nitrogen and oxygen atoms in total. The van der Waals surface area contributed by atoms with Crippen LogP contribution in [0, 0.1) is 5.41 Å². The molecule has 0 spiro atoms. The molecule has 4 heteroatoms. The molecule has 88 valence electrons. The predicted molar refractivity (Wildman–Crippen MR) is 58.3 cm³/mol. The lowest BCUT2D eigenvalue weighted by molar-refractivity contribution is -0.148. The minimum absolute atomic E-state index is 0.120. The number of carbonyl (C=O) groups excluding carboxylic acids is 2. The molecular weight excluding hydrogens is 194 g/mol. The third-order valence-corrected chi connectivity index (χ3v) is 2.49. The Labute approximate surface area is 91.4 Å². The van der Waals surface area contributed by atoms with Gasteiger partial charge in [-0.15, -0.1) is 0 Å². The van der Waals surface area contributed by atoms with E-state index in [1.54, 1.807) is 13.8 Å². The van der Waals surface area contributed by atoms with Gasteiger partial charge in [0, 0.05) is 5.41 Å². The Morgan fingerprint density at radius 1 is 1.33 bits per heavy atom. The van der Waals surface area contributed by atoms with Crippen molar-refractivity contribution in [2.24, 2.45) is 5.41 Å². The van der Waals surface area contributed by atoms with Crippen LogP contribution in [0.3, 0.4) is 0 Å². The maximum Gasteiger partial charge on any atom is 0.328 e. The highest BCUT2D eigenvalue weighted by molar-refractivity contribution is 5.87. The van der Waals surface area contributed by atoms with E-state index in [0.717, 1.165) is 6.42 Å². The van der Waals surface area contributed by atoms with E-state index in [4.69, 9.17) is 4.74 Å². The molecule has 0 aliphatic heterocycles. The van der Waals surface area contributed by atoms with Gasteiger partial charge in [0.15, 0.2) is 0 Å². The van der Waals surface area contributed by atoms with Gasteiger partial charge >= 0.3 is 5.97 Å². The van der Waals surface area contributed by atoms with Crippen LogP contribution >= 0.6 is 0 Å². The molecule has 0 aromatic carbocycles. The molecule has 1 amide bonds. The fourth-order valence-electron chi connectivity index (χ4n) is 0.879. The summed E-state index contributed by atoms with van der Waals surface area (Å²) in [5, 5.41) is 2.64. The molecule has 15 heavy (non-hydrogen) atoms. The maximum atomic E-state index is 11.7. The van der Waals surface area contributed by atoms with Gasteiger partial charge in [-0.2, -0.15) is 0 Å². The molecule has 0 aliphatic carbocycles. The zero-order valence-electron chi connectivity index (χ0n) is 10.2. The monoisotopic (exact) mass is 215 g/mol. The Kier molecular flexibility index (Phi) is 5.33. The molecule has 0 heterocycles. The molecule has 0 bridgehead atoms. The summed E-state index contributed by atoms with van der Waals surface area (Å²) in [6, 6.07) is -0.580.